The van der Waals surface area contributed by atoms with Crippen molar-refractivity contribution in [3.05, 3.63) is 11.9 Å². The topological polar surface area (TPSA) is 29.5 Å². The maximum Gasteiger partial charge on any atom is 0.317 e. The summed E-state index contributed by atoms with van der Waals surface area (Å²) in [5.74, 6) is 0.453. The second kappa shape index (κ2) is 4.77. The summed E-state index contributed by atoms with van der Waals surface area (Å²) in [5, 5.41) is 0. The van der Waals surface area contributed by atoms with Gasteiger partial charge < -0.3 is 9.64 Å². The summed E-state index contributed by atoms with van der Waals surface area (Å²) in [7, 11) is 1.36. The molecule has 2 rings (SSSR count). The summed E-state index contributed by atoms with van der Waals surface area (Å²) in [4.78, 5) is 14.1. The van der Waals surface area contributed by atoms with E-state index in [2.05, 4.69) is 4.90 Å². The number of esters is 1. The summed E-state index contributed by atoms with van der Waals surface area (Å²) in [6.45, 7) is 4.24. The van der Waals surface area contributed by atoms with Crippen molar-refractivity contribution < 1.29 is 13.9 Å². The molecular weight excluding hydrogens is 221 g/mol. The van der Waals surface area contributed by atoms with Gasteiger partial charge >= 0.3 is 5.97 Å². The smallest absolute Gasteiger partial charge is 0.317 e. The standard InChI is InChI=1S/C13H20FNO2/c1-13(12(16)17-2)9-15(8-10-3-4-10)6-5-11(13)7-14/h7,10H,3-6,8-9H2,1-2H3/b11-7+. The molecule has 0 bridgehead atoms. The van der Waals surface area contributed by atoms with E-state index in [9.17, 15) is 9.18 Å². The number of piperidine rings is 1. The summed E-state index contributed by atoms with van der Waals surface area (Å²) in [6.07, 6.45) is 3.79. The predicted octanol–water partition coefficient (Wildman–Crippen LogP) is 2.13. The Morgan fingerprint density at radius 3 is 2.88 bits per heavy atom. The minimum atomic E-state index is -0.809. The van der Waals surface area contributed by atoms with Crippen LogP contribution in [0.15, 0.2) is 11.9 Å². The first-order valence-corrected chi connectivity index (χ1v) is 6.20. The molecule has 2 fully saturated rings. The van der Waals surface area contributed by atoms with Gasteiger partial charge in [0, 0.05) is 19.6 Å². The molecule has 1 atom stereocenters. The predicted molar refractivity (Wildman–Crippen MR) is 63.1 cm³/mol. The molecule has 1 heterocycles. The van der Waals surface area contributed by atoms with Crippen LogP contribution in [0, 0.1) is 11.3 Å². The lowest BCUT2D eigenvalue weighted by Gasteiger charge is -2.40. The van der Waals surface area contributed by atoms with E-state index in [1.807, 2.05) is 0 Å². The molecule has 4 heteroatoms. The minimum Gasteiger partial charge on any atom is -0.468 e. The fraction of sp³-hybridized carbons (Fsp3) is 0.769. The van der Waals surface area contributed by atoms with E-state index >= 15 is 0 Å². The van der Waals surface area contributed by atoms with Crippen LogP contribution in [0.1, 0.15) is 26.2 Å². The van der Waals surface area contributed by atoms with Gasteiger partial charge in [0.05, 0.1) is 13.4 Å². The fourth-order valence-corrected chi connectivity index (χ4v) is 2.60. The number of hydrogen-bond acceptors (Lipinski definition) is 3. The van der Waals surface area contributed by atoms with Gasteiger partial charge in [-0.3, -0.25) is 4.79 Å². The summed E-state index contributed by atoms with van der Waals surface area (Å²) < 4.78 is 17.7. The number of methoxy groups -OCH3 is 1. The third-order valence-corrected chi connectivity index (χ3v) is 3.93. The zero-order valence-corrected chi connectivity index (χ0v) is 10.5. The van der Waals surface area contributed by atoms with Gasteiger partial charge in [0.25, 0.3) is 0 Å². The molecule has 1 unspecified atom stereocenters. The van der Waals surface area contributed by atoms with E-state index in [0.717, 1.165) is 19.0 Å². The van der Waals surface area contributed by atoms with Crippen LogP contribution in [-0.2, 0) is 9.53 Å². The van der Waals surface area contributed by atoms with Crippen LogP contribution in [0.3, 0.4) is 0 Å². The Kier molecular flexibility index (Phi) is 3.52. The SMILES string of the molecule is COC(=O)C1(C)CN(CC2CC2)CC/C1=C\F. The number of carbonyl (C=O) groups excluding carboxylic acids is 1. The van der Waals surface area contributed by atoms with Crippen LogP contribution < -0.4 is 0 Å². The van der Waals surface area contributed by atoms with Crippen molar-refractivity contribution in [1.29, 1.82) is 0 Å². The molecule has 96 valence electrons. The Bertz CT molecular complexity index is 338. The molecular formula is C13H20FNO2. The Labute approximate surface area is 102 Å². The summed E-state index contributed by atoms with van der Waals surface area (Å²) >= 11 is 0. The second-order valence-electron chi connectivity index (χ2n) is 5.39. The summed E-state index contributed by atoms with van der Waals surface area (Å²) in [6, 6.07) is 0. The molecule has 17 heavy (non-hydrogen) atoms. The highest BCUT2D eigenvalue weighted by atomic mass is 19.1. The van der Waals surface area contributed by atoms with Crippen LogP contribution in [-0.4, -0.2) is 37.6 Å². The molecule has 0 aromatic heterocycles. The lowest BCUT2D eigenvalue weighted by Crippen LogP contribution is -2.48. The zero-order chi connectivity index (χ0) is 12.5. The van der Waals surface area contributed by atoms with Gasteiger partial charge in [-0.15, -0.1) is 0 Å². The lowest BCUT2D eigenvalue weighted by molar-refractivity contribution is -0.151. The van der Waals surface area contributed by atoms with Gasteiger partial charge in [-0.25, -0.2) is 4.39 Å². The quantitative estimate of drug-likeness (QED) is 0.709. The summed E-state index contributed by atoms with van der Waals surface area (Å²) in [5.41, 5.74) is -0.243. The number of rotatable bonds is 3. The van der Waals surface area contributed by atoms with Crippen LogP contribution in [0.25, 0.3) is 0 Å². The highest BCUT2D eigenvalue weighted by Gasteiger charge is 2.43. The Balaban J connectivity index is 2.09. The van der Waals surface area contributed by atoms with Crippen LogP contribution in [0.2, 0.25) is 0 Å². The molecule has 0 N–H and O–H groups in total. The number of carbonyl (C=O) groups is 1. The second-order valence-corrected chi connectivity index (χ2v) is 5.39. The van der Waals surface area contributed by atoms with E-state index in [0.29, 0.717) is 24.9 Å². The van der Waals surface area contributed by atoms with E-state index in [-0.39, 0.29) is 5.97 Å². The lowest BCUT2D eigenvalue weighted by atomic mass is 9.77. The highest BCUT2D eigenvalue weighted by Crippen LogP contribution is 2.38. The van der Waals surface area contributed by atoms with Crippen molar-refractivity contribution in [3.63, 3.8) is 0 Å². The molecule has 1 aliphatic carbocycles. The van der Waals surface area contributed by atoms with E-state index in [1.165, 1.54) is 20.0 Å². The minimum absolute atomic E-state index is 0.332. The third kappa shape index (κ3) is 2.51. The zero-order valence-electron chi connectivity index (χ0n) is 10.5. The molecule has 0 aromatic carbocycles. The molecule has 0 aromatic rings. The van der Waals surface area contributed by atoms with Crippen molar-refractivity contribution in [1.82, 2.24) is 4.90 Å². The number of halogens is 1. The first kappa shape index (κ1) is 12.6. The largest absolute Gasteiger partial charge is 0.468 e. The van der Waals surface area contributed by atoms with E-state index in [4.69, 9.17) is 4.74 Å². The van der Waals surface area contributed by atoms with Crippen molar-refractivity contribution in [2.24, 2.45) is 11.3 Å². The first-order chi connectivity index (χ1) is 8.10. The molecule has 0 radical (unpaired) electrons. The van der Waals surface area contributed by atoms with Crippen molar-refractivity contribution in [2.75, 3.05) is 26.7 Å². The Morgan fingerprint density at radius 2 is 2.35 bits per heavy atom. The van der Waals surface area contributed by atoms with Gasteiger partial charge in [-0.05, 0) is 37.7 Å². The normalized spacial score (nSPS) is 32.8. The molecule has 0 spiro atoms. The van der Waals surface area contributed by atoms with Crippen molar-refractivity contribution in [3.8, 4) is 0 Å². The number of ether oxygens (including phenoxy) is 1. The number of nitrogens with zero attached hydrogens (tertiary/aromatic N) is 1. The van der Waals surface area contributed by atoms with Gasteiger partial charge in [0.15, 0.2) is 0 Å². The van der Waals surface area contributed by atoms with Gasteiger partial charge in [0.1, 0.15) is 5.41 Å². The van der Waals surface area contributed by atoms with Gasteiger partial charge in [0.2, 0.25) is 0 Å². The molecule has 1 saturated heterocycles. The molecule has 0 amide bonds. The molecule has 2 aliphatic rings. The van der Waals surface area contributed by atoms with Crippen molar-refractivity contribution in [2.45, 2.75) is 26.2 Å². The van der Waals surface area contributed by atoms with Crippen LogP contribution in [0.4, 0.5) is 4.39 Å². The third-order valence-electron chi connectivity index (χ3n) is 3.93. The molecule has 3 nitrogen and oxygen atoms in total. The fourth-order valence-electron chi connectivity index (χ4n) is 2.60. The van der Waals surface area contributed by atoms with E-state index < -0.39 is 5.41 Å². The van der Waals surface area contributed by atoms with E-state index in [1.54, 1.807) is 6.92 Å². The molecule has 1 saturated carbocycles. The maximum atomic E-state index is 12.9. The Hall–Kier alpha value is -0.900. The highest BCUT2D eigenvalue weighted by molar-refractivity contribution is 5.80. The number of likely N-dealkylation sites (tertiary alicyclic amines) is 1. The average Bonchev–Trinajstić information content (AvgIpc) is 3.12. The van der Waals surface area contributed by atoms with Gasteiger partial charge in [-0.1, -0.05) is 0 Å². The van der Waals surface area contributed by atoms with Gasteiger partial charge in [-0.2, -0.15) is 0 Å². The first-order valence-electron chi connectivity index (χ1n) is 6.20. The monoisotopic (exact) mass is 241 g/mol. The maximum absolute atomic E-state index is 12.9. The molecule has 1 aliphatic heterocycles. The van der Waals surface area contributed by atoms with Crippen LogP contribution in [0.5, 0.6) is 0 Å². The van der Waals surface area contributed by atoms with Crippen molar-refractivity contribution >= 4 is 5.97 Å². The average molecular weight is 241 g/mol. The number of hydrogen-bond donors (Lipinski definition) is 0. The Morgan fingerprint density at radius 1 is 1.65 bits per heavy atom. The van der Waals surface area contributed by atoms with Crippen LogP contribution >= 0.6 is 0 Å².